The summed E-state index contributed by atoms with van der Waals surface area (Å²) in [7, 11) is 0. The second kappa shape index (κ2) is 11.6. The monoisotopic (exact) mass is 632 g/mol. The molecule has 0 saturated heterocycles. The van der Waals surface area contributed by atoms with E-state index in [1.54, 1.807) is 0 Å². The second-order valence-corrected chi connectivity index (χ2v) is 13.3. The van der Waals surface area contributed by atoms with E-state index in [1.807, 2.05) is 0 Å². The molecular weight excluding hydrogens is 601 g/mol. The highest BCUT2D eigenvalue weighted by atomic mass is 14.2. The molecule has 0 heteroatoms. The minimum atomic E-state index is 1.22. The van der Waals surface area contributed by atoms with Crippen molar-refractivity contribution in [2.45, 2.75) is 0 Å². The van der Waals surface area contributed by atoms with Crippen LogP contribution in [0.2, 0.25) is 0 Å². The minimum absolute atomic E-state index is 1.22. The van der Waals surface area contributed by atoms with Gasteiger partial charge in [0.2, 0.25) is 0 Å². The second-order valence-electron chi connectivity index (χ2n) is 13.3. The van der Waals surface area contributed by atoms with Crippen molar-refractivity contribution in [2.24, 2.45) is 0 Å². The van der Waals surface area contributed by atoms with Gasteiger partial charge in [-0.25, -0.2) is 0 Å². The fraction of sp³-hybridized carbons (Fsp3) is 0. The number of fused-ring (bicyclic) bond motifs is 5. The van der Waals surface area contributed by atoms with E-state index in [1.165, 1.54) is 98.4 Å². The molecule has 0 spiro atoms. The molecule has 232 valence electrons. The smallest absolute Gasteiger partial charge is 0.00928 e. The first-order valence-electron chi connectivity index (χ1n) is 17.3. The lowest BCUT2D eigenvalue weighted by Gasteiger charge is -2.16. The number of benzene rings is 10. The molecule has 0 radical (unpaired) electrons. The third-order valence-electron chi connectivity index (χ3n) is 10.4. The predicted molar refractivity (Wildman–Crippen MR) is 216 cm³/mol. The van der Waals surface area contributed by atoms with Gasteiger partial charge in [-0.1, -0.05) is 164 Å². The Morgan fingerprint density at radius 3 is 1.30 bits per heavy atom. The summed E-state index contributed by atoms with van der Waals surface area (Å²) >= 11 is 0. The lowest BCUT2D eigenvalue weighted by Crippen LogP contribution is -1.89. The van der Waals surface area contributed by atoms with E-state index in [0.29, 0.717) is 0 Å². The van der Waals surface area contributed by atoms with E-state index < -0.39 is 0 Å². The van der Waals surface area contributed by atoms with Crippen molar-refractivity contribution < 1.29 is 0 Å². The standard InChI is InChI=1S/C50H32/c1-3-11-37-28-39(20-16-33(37)8-1)40-21-17-35-18-22-41(31-44(35)30-40)42-24-25-48-46(43-23-19-34-9-2-4-12-38(34)29-43)26-27-49(50(48)32-42)47-15-7-13-36-10-5-6-14-45(36)47/h1-32H. The fourth-order valence-corrected chi connectivity index (χ4v) is 7.81. The summed E-state index contributed by atoms with van der Waals surface area (Å²) in [5.41, 5.74) is 9.90. The molecule has 10 rings (SSSR count). The number of hydrogen-bond acceptors (Lipinski definition) is 0. The van der Waals surface area contributed by atoms with Gasteiger partial charge in [0, 0.05) is 0 Å². The maximum atomic E-state index is 2.41. The van der Waals surface area contributed by atoms with Crippen molar-refractivity contribution in [1.82, 2.24) is 0 Å². The van der Waals surface area contributed by atoms with E-state index in [0.717, 1.165) is 0 Å². The zero-order valence-electron chi connectivity index (χ0n) is 27.5. The highest BCUT2D eigenvalue weighted by Gasteiger charge is 2.14. The summed E-state index contributed by atoms with van der Waals surface area (Å²) in [6.07, 6.45) is 0. The van der Waals surface area contributed by atoms with E-state index >= 15 is 0 Å². The van der Waals surface area contributed by atoms with Crippen LogP contribution >= 0.6 is 0 Å². The van der Waals surface area contributed by atoms with Crippen LogP contribution in [0.5, 0.6) is 0 Å². The normalized spacial score (nSPS) is 11.6. The molecule has 10 aromatic carbocycles. The molecule has 50 heavy (non-hydrogen) atoms. The van der Waals surface area contributed by atoms with E-state index in [9.17, 15) is 0 Å². The Hall–Kier alpha value is -6.50. The first-order chi connectivity index (χ1) is 24.7. The van der Waals surface area contributed by atoms with E-state index in [4.69, 9.17) is 0 Å². The molecule has 0 atom stereocenters. The van der Waals surface area contributed by atoms with Crippen molar-refractivity contribution in [3.8, 4) is 44.5 Å². The molecule has 0 N–H and O–H groups in total. The Morgan fingerprint density at radius 1 is 0.180 bits per heavy atom. The maximum Gasteiger partial charge on any atom is -0.00928 e. The van der Waals surface area contributed by atoms with Crippen molar-refractivity contribution in [3.63, 3.8) is 0 Å². The van der Waals surface area contributed by atoms with Crippen LogP contribution in [0.25, 0.3) is 98.4 Å². The van der Waals surface area contributed by atoms with Gasteiger partial charge in [-0.15, -0.1) is 0 Å². The lowest BCUT2D eigenvalue weighted by atomic mass is 9.88. The van der Waals surface area contributed by atoms with Gasteiger partial charge < -0.3 is 0 Å². The van der Waals surface area contributed by atoms with E-state index in [-0.39, 0.29) is 0 Å². The SMILES string of the molecule is c1ccc2cc(-c3ccc4ccc(-c5ccc6c(-c7ccc8ccccc8c7)ccc(-c7cccc8ccccc78)c6c5)cc4c3)ccc2c1. The molecule has 0 aliphatic heterocycles. The number of rotatable bonds is 4. The van der Waals surface area contributed by atoms with Crippen LogP contribution < -0.4 is 0 Å². The Morgan fingerprint density at radius 2 is 0.620 bits per heavy atom. The summed E-state index contributed by atoms with van der Waals surface area (Å²) in [5, 5.41) is 12.6. The third-order valence-corrected chi connectivity index (χ3v) is 10.4. The molecule has 0 saturated carbocycles. The molecule has 0 nitrogen and oxygen atoms in total. The highest BCUT2D eigenvalue weighted by Crippen LogP contribution is 2.41. The van der Waals surface area contributed by atoms with Gasteiger partial charge in [0.15, 0.2) is 0 Å². The molecule has 0 bridgehead atoms. The summed E-state index contributed by atoms with van der Waals surface area (Å²) < 4.78 is 0. The van der Waals surface area contributed by atoms with Gasteiger partial charge in [-0.3, -0.25) is 0 Å². The largest absolute Gasteiger partial charge is 0.0616 e. The predicted octanol–water partition coefficient (Wildman–Crippen LogP) is 14.1. The van der Waals surface area contributed by atoms with Crippen molar-refractivity contribution in [2.75, 3.05) is 0 Å². The number of hydrogen-bond donors (Lipinski definition) is 0. The first kappa shape index (κ1) is 28.5. The van der Waals surface area contributed by atoms with Gasteiger partial charge in [-0.2, -0.15) is 0 Å². The van der Waals surface area contributed by atoms with Gasteiger partial charge in [0.05, 0.1) is 0 Å². The average molecular weight is 633 g/mol. The van der Waals surface area contributed by atoms with Crippen LogP contribution in [-0.4, -0.2) is 0 Å². The Balaban J connectivity index is 1.15. The summed E-state index contributed by atoms with van der Waals surface area (Å²) in [6.45, 7) is 0. The average Bonchev–Trinajstić information content (AvgIpc) is 3.19. The van der Waals surface area contributed by atoms with Crippen LogP contribution in [0, 0.1) is 0 Å². The van der Waals surface area contributed by atoms with Crippen LogP contribution in [-0.2, 0) is 0 Å². The molecule has 0 aliphatic carbocycles. The van der Waals surface area contributed by atoms with Crippen molar-refractivity contribution in [1.29, 1.82) is 0 Å². The minimum Gasteiger partial charge on any atom is -0.0616 e. The molecule has 0 unspecified atom stereocenters. The third kappa shape index (κ3) is 4.85. The molecule has 0 aliphatic rings. The molecule has 0 aromatic heterocycles. The Kier molecular flexibility index (Phi) is 6.60. The van der Waals surface area contributed by atoms with Crippen LogP contribution in [0.1, 0.15) is 0 Å². The molecule has 10 aromatic rings. The molecule has 0 heterocycles. The maximum absolute atomic E-state index is 2.41. The van der Waals surface area contributed by atoms with Crippen molar-refractivity contribution >= 4 is 53.9 Å². The Labute approximate surface area is 291 Å². The highest BCUT2D eigenvalue weighted by molar-refractivity contribution is 6.11. The Bertz CT molecular complexity index is 2920. The summed E-state index contributed by atoms with van der Waals surface area (Å²) in [4.78, 5) is 0. The topological polar surface area (TPSA) is 0 Å². The van der Waals surface area contributed by atoms with Crippen molar-refractivity contribution in [3.05, 3.63) is 194 Å². The zero-order chi connectivity index (χ0) is 33.0. The quantitative estimate of drug-likeness (QED) is 0.181. The fourth-order valence-electron chi connectivity index (χ4n) is 7.81. The van der Waals surface area contributed by atoms with Crippen LogP contribution in [0.4, 0.5) is 0 Å². The van der Waals surface area contributed by atoms with Gasteiger partial charge in [-0.05, 0) is 129 Å². The van der Waals surface area contributed by atoms with Gasteiger partial charge in [0.25, 0.3) is 0 Å². The van der Waals surface area contributed by atoms with Gasteiger partial charge in [0.1, 0.15) is 0 Å². The summed E-state index contributed by atoms with van der Waals surface area (Å²) in [5.74, 6) is 0. The summed E-state index contributed by atoms with van der Waals surface area (Å²) in [6, 6.07) is 71.5. The van der Waals surface area contributed by atoms with E-state index in [2.05, 4.69) is 194 Å². The van der Waals surface area contributed by atoms with Crippen LogP contribution in [0.15, 0.2) is 194 Å². The molecule has 0 fully saturated rings. The molecule has 0 amide bonds. The zero-order valence-corrected chi connectivity index (χ0v) is 27.5. The lowest BCUT2D eigenvalue weighted by molar-refractivity contribution is 1.63. The van der Waals surface area contributed by atoms with Crippen LogP contribution in [0.3, 0.4) is 0 Å². The van der Waals surface area contributed by atoms with Gasteiger partial charge >= 0.3 is 0 Å². The molecular formula is C50H32. The first-order valence-corrected chi connectivity index (χ1v) is 17.3.